The van der Waals surface area contributed by atoms with Gasteiger partial charge >= 0.3 is 0 Å². The van der Waals surface area contributed by atoms with Crippen LogP contribution in [0.1, 0.15) is 115 Å². The van der Waals surface area contributed by atoms with E-state index in [2.05, 4.69) is 12.2 Å². The van der Waals surface area contributed by atoms with E-state index in [0.29, 0.717) is 11.4 Å². The molecule has 38 heavy (non-hydrogen) atoms. The van der Waals surface area contributed by atoms with Crippen LogP contribution in [0.3, 0.4) is 0 Å². The smallest absolute Gasteiger partial charge is 0.248 e. The van der Waals surface area contributed by atoms with Gasteiger partial charge in [-0.2, -0.15) is 0 Å². The van der Waals surface area contributed by atoms with Crippen molar-refractivity contribution in [2.45, 2.75) is 115 Å². The Morgan fingerprint density at radius 1 is 0.763 bits per heavy atom. The van der Waals surface area contributed by atoms with E-state index in [-0.39, 0.29) is 11.7 Å². The van der Waals surface area contributed by atoms with Gasteiger partial charge in [-0.1, -0.05) is 121 Å². The number of phenolic OH excluding ortho intramolecular Hbond substituents is 1. The number of rotatable bonds is 21. The second kappa shape index (κ2) is 20.5. The number of nitrogens with one attached hydrogen (secondary N) is 1. The zero-order chi connectivity index (χ0) is 27.3. The summed E-state index contributed by atoms with van der Waals surface area (Å²) in [5.74, 6) is 0.603. The van der Waals surface area contributed by atoms with Gasteiger partial charge in [-0.25, -0.2) is 0 Å². The number of carbonyl (C=O) groups is 1. The highest BCUT2D eigenvalue weighted by atomic mass is 32.2. The number of aromatic hydroxyl groups is 1. The average molecular weight is 540 g/mol. The number of hydrogen-bond acceptors (Lipinski definition) is 3. The van der Waals surface area contributed by atoms with Gasteiger partial charge in [0, 0.05) is 22.4 Å². The van der Waals surface area contributed by atoms with Crippen LogP contribution in [0, 0.1) is 0 Å². The first-order chi connectivity index (χ1) is 18.6. The highest BCUT2D eigenvalue weighted by Crippen LogP contribution is 2.17. The number of hydrogen-bond donors (Lipinski definition) is 2. The molecule has 0 radical (unpaired) electrons. The normalized spacial score (nSPS) is 12.1. The minimum Gasteiger partial charge on any atom is -0.508 e. The third kappa shape index (κ3) is 15.1. The van der Waals surface area contributed by atoms with Gasteiger partial charge < -0.3 is 10.4 Å². The summed E-state index contributed by atoms with van der Waals surface area (Å²) >= 11 is 0. The summed E-state index contributed by atoms with van der Waals surface area (Å²) < 4.78 is 12.7. The van der Waals surface area contributed by atoms with Gasteiger partial charge in [0.2, 0.25) is 5.91 Å². The summed E-state index contributed by atoms with van der Waals surface area (Å²) in [6.07, 6.45) is 24.4. The molecule has 2 N–H and O–H groups in total. The Morgan fingerprint density at radius 3 is 1.84 bits per heavy atom. The molecule has 1 atom stereocenters. The van der Waals surface area contributed by atoms with Crippen molar-refractivity contribution >= 4 is 28.5 Å². The summed E-state index contributed by atoms with van der Waals surface area (Å²) in [5.41, 5.74) is 1.47. The predicted octanol–water partition coefficient (Wildman–Crippen LogP) is 9.41. The van der Waals surface area contributed by atoms with Gasteiger partial charge in [0.1, 0.15) is 5.75 Å². The Morgan fingerprint density at radius 2 is 1.29 bits per heavy atom. The fourth-order valence-corrected chi connectivity index (χ4v) is 5.75. The fraction of sp³-hybridized carbons (Fsp3) is 0.545. The molecule has 0 saturated heterocycles. The highest BCUT2D eigenvalue weighted by Gasteiger charge is 2.06. The molecule has 4 nitrogen and oxygen atoms in total. The van der Waals surface area contributed by atoms with Gasteiger partial charge in [0.05, 0.1) is 10.8 Å². The van der Waals surface area contributed by atoms with Crippen LogP contribution < -0.4 is 5.32 Å². The predicted molar refractivity (Wildman–Crippen MR) is 163 cm³/mol. The Balaban J connectivity index is 1.51. The molecule has 0 aliphatic rings. The van der Waals surface area contributed by atoms with E-state index in [0.717, 1.165) is 23.3 Å². The second-order valence-corrected chi connectivity index (χ2v) is 11.9. The van der Waals surface area contributed by atoms with E-state index in [9.17, 15) is 14.1 Å². The molecule has 2 aromatic rings. The number of carbonyl (C=O) groups excluding carboxylic acids is 1. The van der Waals surface area contributed by atoms with E-state index in [1.165, 1.54) is 96.0 Å². The standard InChI is InChI=1S/C33H49NO3S/c1-2-3-4-5-6-7-8-9-10-11-12-13-14-15-16-17-27-38(37)32-20-18-19-30(28-32)34-33(36)26-23-29-21-24-31(35)25-22-29/h18-26,28,35H,2-17,27H2,1H3,(H,34,36)/b26-23+. The monoisotopic (exact) mass is 539 g/mol. The molecule has 0 aromatic heterocycles. The van der Waals surface area contributed by atoms with Crippen molar-refractivity contribution in [1.82, 2.24) is 0 Å². The lowest BCUT2D eigenvalue weighted by Gasteiger charge is -2.07. The molecule has 2 aromatic carbocycles. The molecule has 0 fully saturated rings. The first-order valence-electron chi connectivity index (χ1n) is 14.8. The third-order valence-electron chi connectivity index (χ3n) is 6.87. The van der Waals surface area contributed by atoms with E-state index < -0.39 is 10.8 Å². The van der Waals surface area contributed by atoms with Crippen LogP contribution in [-0.2, 0) is 15.6 Å². The van der Waals surface area contributed by atoms with E-state index >= 15 is 0 Å². The quantitative estimate of drug-likeness (QED) is 0.123. The first-order valence-corrected chi connectivity index (χ1v) is 16.2. The zero-order valence-electron chi connectivity index (χ0n) is 23.5. The Labute approximate surface area is 233 Å². The molecule has 0 saturated carbocycles. The van der Waals surface area contributed by atoms with Gasteiger partial charge in [0.25, 0.3) is 0 Å². The lowest BCUT2D eigenvalue weighted by molar-refractivity contribution is -0.111. The van der Waals surface area contributed by atoms with Crippen molar-refractivity contribution in [2.24, 2.45) is 0 Å². The molecule has 0 aliphatic heterocycles. The number of amides is 1. The van der Waals surface area contributed by atoms with Crippen molar-refractivity contribution in [1.29, 1.82) is 0 Å². The molecule has 0 bridgehead atoms. The first kappa shape index (κ1) is 31.8. The Kier molecular flexibility index (Phi) is 17.2. The molecule has 210 valence electrons. The van der Waals surface area contributed by atoms with Crippen molar-refractivity contribution in [3.63, 3.8) is 0 Å². The van der Waals surface area contributed by atoms with E-state index in [4.69, 9.17) is 0 Å². The fourth-order valence-electron chi connectivity index (χ4n) is 4.56. The minimum absolute atomic E-state index is 0.191. The molecular formula is C33H49NO3S. The molecule has 0 aliphatic carbocycles. The summed E-state index contributed by atoms with van der Waals surface area (Å²) in [6, 6.07) is 13.9. The zero-order valence-corrected chi connectivity index (χ0v) is 24.3. The third-order valence-corrected chi connectivity index (χ3v) is 8.31. The SMILES string of the molecule is CCCCCCCCCCCCCCCCCCS(=O)c1cccc(NC(=O)/C=C/c2ccc(O)cc2)c1. The number of unbranched alkanes of at least 4 members (excludes halogenated alkanes) is 15. The maximum absolute atomic E-state index is 12.7. The van der Waals surface area contributed by atoms with Crippen LogP contribution in [0.4, 0.5) is 5.69 Å². The van der Waals surface area contributed by atoms with Crippen LogP contribution >= 0.6 is 0 Å². The average Bonchev–Trinajstić information content (AvgIpc) is 2.92. The van der Waals surface area contributed by atoms with Crippen LogP contribution in [0.5, 0.6) is 5.75 Å². The summed E-state index contributed by atoms with van der Waals surface area (Å²) in [4.78, 5) is 13.0. The number of phenols is 1. The maximum Gasteiger partial charge on any atom is 0.248 e. The van der Waals surface area contributed by atoms with Gasteiger partial charge in [-0.05, 0) is 48.4 Å². The van der Waals surface area contributed by atoms with Gasteiger partial charge in [-0.3, -0.25) is 9.00 Å². The number of benzene rings is 2. The summed E-state index contributed by atoms with van der Waals surface area (Å²) in [5, 5.41) is 12.2. The van der Waals surface area contributed by atoms with Crippen molar-refractivity contribution in [3.8, 4) is 5.75 Å². The molecule has 0 spiro atoms. The van der Waals surface area contributed by atoms with Crippen LogP contribution in [0.15, 0.2) is 59.5 Å². The molecular weight excluding hydrogens is 490 g/mol. The topological polar surface area (TPSA) is 66.4 Å². The second-order valence-electron chi connectivity index (χ2n) is 10.3. The van der Waals surface area contributed by atoms with Crippen LogP contribution in [0.2, 0.25) is 0 Å². The van der Waals surface area contributed by atoms with Crippen molar-refractivity contribution in [3.05, 3.63) is 60.2 Å². The molecule has 2 rings (SSSR count). The summed E-state index contributed by atoms with van der Waals surface area (Å²) in [6.45, 7) is 2.27. The summed E-state index contributed by atoms with van der Waals surface area (Å²) in [7, 11) is -1.05. The van der Waals surface area contributed by atoms with Crippen LogP contribution in [0.25, 0.3) is 6.08 Å². The van der Waals surface area contributed by atoms with Gasteiger partial charge in [0.15, 0.2) is 0 Å². The van der Waals surface area contributed by atoms with Crippen molar-refractivity contribution in [2.75, 3.05) is 11.1 Å². The minimum atomic E-state index is -1.05. The van der Waals surface area contributed by atoms with Gasteiger partial charge in [-0.15, -0.1) is 0 Å². The Bertz CT molecular complexity index is 955. The lowest BCUT2D eigenvalue weighted by atomic mass is 10.0. The largest absolute Gasteiger partial charge is 0.508 e. The molecule has 1 amide bonds. The lowest BCUT2D eigenvalue weighted by Crippen LogP contribution is -2.08. The number of anilines is 1. The van der Waals surface area contributed by atoms with Crippen molar-refractivity contribution < 1.29 is 14.1 Å². The van der Waals surface area contributed by atoms with Crippen LogP contribution in [-0.4, -0.2) is 21.0 Å². The molecule has 0 heterocycles. The van der Waals surface area contributed by atoms with E-state index in [1.807, 2.05) is 18.2 Å². The van der Waals surface area contributed by atoms with E-state index in [1.54, 1.807) is 36.4 Å². The molecule has 5 heteroatoms. The molecule has 1 unspecified atom stereocenters. The maximum atomic E-state index is 12.7. The highest BCUT2D eigenvalue weighted by molar-refractivity contribution is 7.85. The Hall–Kier alpha value is -2.40.